The quantitative estimate of drug-likeness (QED) is 0.650. The average Bonchev–Trinajstić information content (AvgIpc) is 2.61. The van der Waals surface area contributed by atoms with E-state index in [2.05, 4.69) is 10.9 Å². The maximum absolute atomic E-state index is 12.8. The summed E-state index contributed by atoms with van der Waals surface area (Å²) in [5.74, 6) is -2.05. The molecule has 6 nitrogen and oxygen atoms in total. The van der Waals surface area contributed by atoms with Crippen LogP contribution in [-0.2, 0) is 27.2 Å². The first kappa shape index (κ1) is 16.6. The zero-order valence-electron chi connectivity index (χ0n) is 13.1. The highest BCUT2D eigenvalue weighted by atomic mass is 19.1. The number of amides is 2. The van der Waals surface area contributed by atoms with E-state index in [1.54, 1.807) is 24.3 Å². The fraction of sp³-hybridized carbons (Fsp3) is 0.167. The van der Waals surface area contributed by atoms with Crippen molar-refractivity contribution in [2.24, 2.45) is 0 Å². The van der Waals surface area contributed by atoms with Crippen LogP contribution in [0.3, 0.4) is 0 Å². The monoisotopic (exact) mass is 342 g/mol. The van der Waals surface area contributed by atoms with Crippen molar-refractivity contribution < 1.29 is 23.5 Å². The fourth-order valence-electron chi connectivity index (χ4n) is 2.52. The molecule has 0 spiro atoms. The number of halogens is 1. The molecule has 1 atom stereocenters. The summed E-state index contributed by atoms with van der Waals surface area (Å²) in [7, 11) is 0. The van der Waals surface area contributed by atoms with Crippen LogP contribution in [-0.4, -0.2) is 23.9 Å². The number of carbonyl (C=O) groups excluding carboxylic acids is 3. The van der Waals surface area contributed by atoms with Crippen LogP contribution in [0.4, 0.5) is 4.39 Å². The van der Waals surface area contributed by atoms with Gasteiger partial charge in [0.15, 0.2) is 6.10 Å². The SMILES string of the molecule is O=C(Cc1ccc(F)cc1)NNC(=O)C1Cc2ccccc2C(=O)O1. The van der Waals surface area contributed by atoms with E-state index < -0.39 is 29.7 Å². The number of hydrogen-bond acceptors (Lipinski definition) is 4. The second-order valence-corrected chi connectivity index (χ2v) is 5.60. The van der Waals surface area contributed by atoms with Crippen LogP contribution in [0, 0.1) is 5.82 Å². The summed E-state index contributed by atoms with van der Waals surface area (Å²) in [5.41, 5.74) is 6.26. The molecule has 3 rings (SSSR count). The highest BCUT2D eigenvalue weighted by molar-refractivity contribution is 5.96. The molecule has 0 saturated carbocycles. The number of benzene rings is 2. The van der Waals surface area contributed by atoms with Crippen molar-refractivity contribution in [2.45, 2.75) is 18.9 Å². The molecular weight excluding hydrogens is 327 g/mol. The third kappa shape index (κ3) is 4.00. The maximum atomic E-state index is 12.8. The van der Waals surface area contributed by atoms with Crippen molar-refractivity contribution in [3.05, 3.63) is 71.0 Å². The Hall–Kier alpha value is -3.22. The first-order valence-corrected chi connectivity index (χ1v) is 7.65. The molecule has 1 heterocycles. The number of rotatable bonds is 3. The Kier molecular flexibility index (Phi) is 4.74. The largest absolute Gasteiger partial charge is 0.448 e. The van der Waals surface area contributed by atoms with Crippen LogP contribution in [0.15, 0.2) is 48.5 Å². The lowest BCUT2D eigenvalue weighted by Gasteiger charge is -2.23. The lowest BCUT2D eigenvalue weighted by molar-refractivity contribution is -0.134. The topological polar surface area (TPSA) is 84.5 Å². The molecule has 2 aromatic carbocycles. The van der Waals surface area contributed by atoms with Crippen LogP contribution < -0.4 is 10.9 Å². The second-order valence-electron chi connectivity index (χ2n) is 5.60. The predicted molar refractivity (Wildman–Crippen MR) is 85.7 cm³/mol. The summed E-state index contributed by atoms with van der Waals surface area (Å²) in [6, 6.07) is 12.3. The molecule has 2 aromatic rings. The van der Waals surface area contributed by atoms with Gasteiger partial charge in [-0.25, -0.2) is 9.18 Å². The van der Waals surface area contributed by atoms with E-state index in [1.807, 2.05) is 0 Å². The molecule has 2 amide bonds. The van der Waals surface area contributed by atoms with E-state index in [9.17, 15) is 18.8 Å². The highest BCUT2D eigenvalue weighted by Gasteiger charge is 2.31. The Morgan fingerprint density at radius 3 is 2.56 bits per heavy atom. The summed E-state index contributed by atoms with van der Waals surface area (Å²) in [5, 5.41) is 0. The number of carbonyl (C=O) groups is 3. The van der Waals surface area contributed by atoms with Crippen LogP contribution >= 0.6 is 0 Å². The number of cyclic esters (lactones) is 1. The summed E-state index contributed by atoms with van der Waals surface area (Å²) in [4.78, 5) is 35.8. The standard InChI is InChI=1S/C18H15FN2O4/c19-13-7-5-11(6-8-13)9-16(22)20-21-17(23)15-10-12-3-1-2-4-14(12)18(24)25-15/h1-8,15H,9-10H2,(H,20,22)(H,21,23). The van der Waals surface area contributed by atoms with Gasteiger partial charge < -0.3 is 4.74 Å². The summed E-state index contributed by atoms with van der Waals surface area (Å²) >= 11 is 0. The van der Waals surface area contributed by atoms with Crippen molar-refractivity contribution in [1.29, 1.82) is 0 Å². The molecule has 0 aromatic heterocycles. The molecule has 25 heavy (non-hydrogen) atoms. The Balaban J connectivity index is 1.53. The van der Waals surface area contributed by atoms with E-state index in [1.165, 1.54) is 24.3 Å². The average molecular weight is 342 g/mol. The minimum atomic E-state index is -1.01. The molecule has 0 fully saturated rings. The van der Waals surface area contributed by atoms with Gasteiger partial charge in [-0.05, 0) is 29.3 Å². The van der Waals surface area contributed by atoms with E-state index >= 15 is 0 Å². The van der Waals surface area contributed by atoms with Gasteiger partial charge in [-0.1, -0.05) is 30.3 Å². The number of nitrogens with one attached hydrogen (secondary N) is 2. The van der Waals surface area contributed by atoms with Gasteiger partial charge in [0.05, 0.1) is 12.0 Å². The molecule has 0 aliphatic carbocycles. The summed E-state index contributed by atoms with van der Waals surface area (Å²) < 4.78 is 17.9. The molecule has 128 valence electrons. The van der Waals surface area contributed by atoms with E-state index in [-0.39, 0.29) is 12.8 Å². The molecule has 1 aliphatic heterocycles. The number of hydrogen-bond donors (Lipinski definition) is 2. The smallest absolute Gasteiger partial charge is 0.339 e. The van der Waals surface area contributed by atoms with Crippen molar-refractivity contribution in [3.63, 3.8) is 0 Å². The third-order valence-electron chi connectivity index (χ3n) is 3.79. The van der Waals surface area contributed by atoms with Gasteiger partial charge in [-0.15, -0.1) is 0 Å². The van der Waals surface area contributed by atoms with Crippen LogP contribution in [0.5, 0.6) is 0 Å². The molecule has 1 aliphatic rings. The Labute approximate surface area is 143 Å². The fourth-order valence-corrected chi connectivity index (χ4v) is 2.52. The predicted octanol–water partition coefficient (Wildman–Crippen LogP) is 1.30. The first-order valence-electron chi connectivity index (χ1n) is 7.65. The first-order chi connectivity index (χ1) is 12.0. The van der Waals surface area contributed by atoms with Gasteiger partial charge in [0, 0.05) is 6.42 Å². The van der Waals surface area contributed by atoms with E-state index in [0.29, 0.717) is 11.1 Å². The number of fused-ring (bicyclic) bond motifs is 1. The second kappa shape index (κ2) is 7.12. The molecule has 2 N–H and O–H groups in total. The number of ether oxygens (including phenoxy) is 1. The lowest BCUT2D eigenvalue weighted by atomic mass is 9.98. The Morgan fingerprint density at radius 1 is 1.08 bits per heavy atom. The van der Waals surface area contributed by atoms with Gasteiger partial charge in [0.1, 0.15) is 5.82 Å². The molecule has 0 radical (unpaired) electrons. The minimum absolute atomic E-state index is 0.0200. The third-order valence-corrected chi connectivity index (χ3v) is 3.79. The Bertz CT molecular complexity index is 820. The van der Waals surface area contributed by atoms with E-state index in [0.717, 1.165) is 5.56 Å². The van der Waals surface area contributed by atoms with Gasteiger partial charge >= 0.3 is 5.97 Å². The molecule has 7 heteroatoms. The van der Waals surface area contributed by atoms with Gasteiger partial charge in [0.2, 0.25) is 5.91 Å². The number of hydrazine groups is 1. The van der Waals surface area contributed by atoms with Crippen LogP contribution in [0.1, 0.15) is 21.5 Å². The van der Waals surface area contributed by atoms with Crippen molar-refractivity contribution in [3.8, 4) is 0 Å². The maximum Gasteiger partial charge on any atom is 0.339 e. The summed E-state index contributed by atoms with van der Waals surface area (Å²) in [6.45, 7) is 0. The normalized spacial score (nSPS) is 15.7. The van der Waals surface area contributed by atoms with Gasteiger partial charge in [0.25, 0.3) is 5.91 Å². The Morgan fingerprint density at radius 2 is 1.80 bits per heavy atom. The molecule has 1 unspecified atom stereocenters. The van der Waals surface area contributed by atoms with Crippen molar-refractivity contribution >= 4 is 17.8 Å². The zero-order chi connectivity index (χ0) is 17.8. The van der Waals surface area contributed by atoms with Crippen molar-refractivity contribution in [1.82, 2.24) is 10.9 Å². The zero-order valence-corrected chi connectivity index (χ0v) is 13.1. The van der Waals surface area contributed by atoms with Crippen LogP contribution in [0.2, 0.25) is 0 Å². The number of esters is 1. The van der Waals surface area contributed by atoms with Gasteiger partial charge in [-0.3, -0.25) is 20.4 Å². The van der Waals surface area contributed by atoms with E-state index in [4.69, 9.17) is 4.74 Å². The minimum Gasteiger partial charge on any atom is -0.448 e. The van der Waals surface area contributed by atoms with Crippen LogP contribution in [0.25, 0.3) is 0 Å². The molecule has 0 saturated heterocycles. The lowest BCUT2D eigenvalue weighted by Crippen LogP contribution is -2.49. The van der Waals surface area contributed by atoms with Crippen molar-refractivity contribution in [2.75, 3.05) is 0 Å². The van der Waals surface area contributed by atoms with Gasteiger partial charge in [-0.2, -0.15) is 0 Å². The summed E-state index contributed by atoms with van der Waals surface area (Å²) in [6.07, 6.45) is -0.788. The molecule has 0 bridgehead atoms. The molecular formula is C18H15FN2O4. The highest BCUT2D eigenvalue weighted by Crippen LogP contribution is 2.20.